The van der Waals surface area contributed by atoms with Crippen molar-refractivity contribution in [1.82, 2.24) is 10.6 Å². The Kier molecular flexibility index (Phi) is 8.21. The first-order valence-electron chi connectivity index (χ1n) is 7.59. The zero-order chi connectivity index (χ0) is 16.7. The lowest BCUT2D eigenvalue weighted by Crippen LogP contribution is -2.35. The maximum Gasteiger partial charge on any atom is 0.307 e. The lowest BCUT2D eigenvalue weighted by molar-refractivity contribution is -0.140. The van der Waals surface area contributed by atoms with Gasteiger partial charge in [-0.05, 0) is 43.7 Å². The van der Waals surface area contributed by atoms with Crippen LogP contribution in [0.25, 0.3) is 0 Å². The number of halogens is 1. The van der Waals surface area contributed by atoms with Gasteiger partial charge in [-0.2, -0.15) is 0 Å². The Balaban J connectivity index is 0.00000288. The normalized spacial score (nSPS) is 16.0. The summed E-state index contributed by atoms with van der Waals surface area (Å²) in [5, 5.41) is 8.58. The summed E-state index contributed by atoms with van der Waals surface area (Å²) in [5.74, 6) is -0.703. The number of methoxy groups -OCH3 is 1. The van der Waals surface area contributed by atoms with Gasteiger partial charge in [-0.25, -0.2) is 0 Å². The molecule has 24 heavy (non-hydrogen) atoms. The van der Waals surface area contributed by atoms with Gasteiger partial charge in [-0.15, -0.1) is 12.4 Å². The molecule has 2 rings (SSSR count). The lowest BCUT2D eigenvalue weighted by atomic mass is 10.1. The Bertz CT molecular complexity index is 571. The predicted molar refractivity (Wildman–Crippen MR) is 92.3 cm³/mol. The van der Waals surface area contributed by atoms with Gasteiger partial charge in [0.1, 0.15) is 0 Å². The third kappa shape index (κ3) is 5.82. The maximum atomic E-state index is 12.0. The molecule has 1 aromatic carbocycles. The maximum absolute atomic E-state index is 12.0. The highest BCUT2D eigenvalue weighted by Gasteiger charge is 2.21. The average molecular weight is 356 g/mol. The quantitative estimate of drug-likeness (QED) is 0.664. The van der Waals surface area contributed by atoms with Gasteiger partial charge < -0.3 is 20.7 Å². The third-order valence-corrected chi connectivity index (χ3v) is 3.63. The van der Waals surface area contributed by atoms with Crippen LogP contribution in [0.4, 0.5) is 5.69 Å². The van der Waals surface area contributed by atoms with Crippen LogP contribution < -0.4 is 16.0 Å². The van der Waals surface area contributed by atoms with Crippen molar-refractivity contribution in [3.63, 3.8) is 0 Å². The molecular formula is C16H22ClN3O4. The van der Waals surface area contributed by atoms with Crippen molar-refractivity contribution in [3.8, 4) is 0 Å². The van der Waals surface area contributed by atoms with E-state index in [4.69, 9.17) is 0 Å². The second-order valence-electron chi connectivity index (χ2n) is 5.30. The van der Waals surface area contributed by atoms with E-state index < -0.39 is 0 Å². The van der Waals surface area contributed by atoms with E-state index in [1.54, 1.807) is 24.3 Å². The number of hydrogen-bond acceptors (Lipinski definition) is 5. The van der Waals surface area contributed by atoms with E-state index in [2.05, 4.69) is 20.7 Å². The Hall–Kier alpha value is -2.12. The number of carbonyl (C=O) groups is 3. The van der Waals surface area contributed by atoms with Crippen LogP contribution in [-0.2, 0) is 14.3 Å². The van der Waals surface area contributed by atoms with Gasteiger partial charge in [0.25, 0.3) is 5.91 Å². The van der Waals surface area contributed by atoms with Crippen molar-refractivity contribution >= 4 is 35.9 Å². The van der Waals surface area contributed by atoms with Crippen molar-refractivity contribution in [1.29, 1.82) is 0 Å². The van der Waals surface area contributed by atoms with Crippen LogP contribution in [0, 0.1) is 0 Å². The van der Waals surface area contributed by atoms with Crippen LogP contribution in [0.1, 0.15) is 29.6 Å². The number of anilines is 1. The van der Waals surface area contributed by atoms with Crippen LogP contribution in [0.5, 0.6) is 0 Å². The molecule has 1 heterocycles. The van der Waals surface area contributed by atoms with Gasteiger partial charge in [-0.1, -0.05) is 0 Å². The SMILES string of the molecule is COC(=O)CCNC(=O)c1ccc(NC(=O)C2CCCN2)cc1.Cl. The molecule has 132 valence electrons. The Labute approximate surface area is 146 Å². The first-order valence-corrected chi connectivity index (χ1v) is 7.59. The number of esters is 1. The van der Waals surface area contributed by atoms with E-state index in [1.165, 1.54) is 7.11 Å². The van der Waals surface area contributed by atoms with Crippen molar-refractivity contribution < 1.29 is 19.1 Å². The molecule has 0 radical (unpaired) electrons. The number of nitrogens with one attached hydrogen (secondary N) is 3. The van der Waals surface area contributed by atoms with Crippen LogP contribution in [0.15, 0.2) is 24.3 Å². The molecule has 2 amide bonds. The van der Waals surface area contributed by atoms with E-state index in [9.17, 15) is 14.4 Å². The van der Waals surface area contributed by atoms with Crippen molar-refractivity contribution in [2.24, 2.45) is 0 Å². The molecular weight excluding hydrogens is 334 g/mol. The summed E-state index contributed by atoms with van der Waals surface area (Å²) in [6.07, 6.45) is 1.97. The van der Waals surface area contributed by atoms with Crippen molar-refractivity contribution in [2.45, 2.75) is 25.3 Å². The number of benzene rings is 1. The van der Waals surface area contributed by atoms with Gasteiger partial charge >= 0.3 is 5.97 Å². The largest absolute Gasteiger partial charge is 0.469 e. The number of ether oxygens (including phenoxy) is 1. The van der Waals surface area contributed by atoms with Crippen LogP contribution >= 0.6 is 12.4 Å². The fourth-order valence-corrected chi connectivity index (χ4v) is 2.32. The molecule has 1 aliphatic heterocycles. The Morgan fingerprint density at radius 3 is 2.54 bits per heavy atom. The summed E-state index contributed by atoms with van der Waals surface area (Å²) < 4.78 is 4.50. The van der Waals surface area contributed by atoms with Crippen LogP contribution in [0.3, 0.4) is 0 Å². The van der Waals surface area contributed by atoms with E-state index in [1.807, 2.05) is 0 Å². The summed E-state index contributed by atoms with van der Waals surface area (Å²) in [7, 11) is 1.30. The molecule has 1 saturated heterocycles. The van der Waals surface area contributed by atoms with E-state index in [-0.39, 0.29) is 49.2 Å². The highest BCUT2D eigenvalue weighted by molar-refractivity contribution is 5.97. The first-order chi connectivity index (χ1) is 11.1. The molecule has 1 aromatic rings. The minimum absolute atomic E-state index is 0. The highest BCUT2D eigenvalue weighted by Crippen LogP contribution is 2.12. The highest BCUT2D eigenvalue weighted by atomic mass is 35.5. The molecule has 0 bridgehead atoms. The molecule has 7 nitrogen and oxygen atoms in total. The van der Waals surface area contributed by atoms with Crippen molar-refractivity contribution in [2.75, 3.05) is 25.5 Å². The van der Waals surface area contributed by atoms with Gasteiger partial charge in [0, 0.05) is 17.8 Å². The molecule has 0 saturated carbocycles. The molecule has 0 aliphatic carbocycles. The van der Waals surface area contributed by atoms with Crippen LogP contribution in [-0.4, -0.2) is 44.0 Å². The molecule has 8 heteroatoms. The van der Waals surface area contributed by atoms with E-state index >= 15 is 0 Å². The molecule has 0 aromatic heterocycles. The van der Waals surface area contributed by atoms with E-state index in [0.717, 1.165) is 19.4 Å². The topological polar surface area (TPSA) is 96.5 Å². The summed E-state index contributed by atoms with van der Waals surface area (Å²) in [5.41, 5.74) is 1.11. The third-order valence-electron chi connectivity index (χ3n) is 3.63. The van der Waals surface area contributed by atoms with Gasteiger partial charge in [0.2, 0.25) is 5.91 Å². The lowest BCUT2D eigenvalue weighted by Gasteiger charge is -2.11. The molecule has 1 aliphatic rings. The molecule has 1 unspecified atom stereocenters. The zero-order valence-electron chi connectivity index (χ0n) is 13.5. The predicted octanol–water partition coefficient (Wildman–Crippen LogP) is 1.09. The standard InChI is InChI=1S/C16H21N3O4.ClH/c1-23-14(20)8-10-18-15(21)11-4-6-12(7-5-11)19-16(22)13-3-2-9-17-13;/h4-7,13,17H,2-3,8-10H2,1H3,(H,18,21)(H,19,22);1H. The average Bonchev–Trinajstić information content (AvgIpc) is 3.09. The fourth-order valence-electron chi connectivity index (χ4n) is 2.32. The van der Waals surface area contributed by atoms with Gasteiger partial charge in [-0.3, -0.25) is 14.4 Å². The molecule has 1 fully saturated rings. The van der Waals surface area contributed by atoms with E-state index in [0.29, 0.717) is 11.3 Å². The minimum atomic E-state index is -0.371. The first kappa shape index (κ1) is 19.9. The fraction of sp³-hybridized carbons (Fsp3) is 0.438. The summed E-state index contributed by atoms with van der Waals surface area (Å²) >= 11 is 0. The monoisotopic (exact) mass is 355 g/mol. The molecule has 1 atom stereocenters. The Morgan fingerprint density at radius 2 is 1.96 bits per heavy atom. The van der Waals surface area contributed by atoms with Crippen LogP contribution in [0.2, 0.25) is 0 Å². The minimum Gasteiger partial charge on any atom is -0.469 e. The summed E-state index contributed by atoms with van der Waals surface area (Å²) in [6, 6.07) is 6.48. The number of amides is 2. The smallest absolute Gasteiger partial charge is 0.307 e. The summed E-state index contributed by atoms with van der Waals surface area (Å²) in [6.45, 7) is 1.08. The number of rotatable bonds is 6. The molecule has 3 N–H and O–H groups in total. The Morgan fingerprint density at radius 1 is 1.25 bits per heavy atom. The van der Waals surface area contributed by atoms with Crippen molar-refractivity contribution in [3.05, 3.63) is 29.8 Å². The second-order valence-corrected chi connectivity index (χ2v) is 5.30. The zero-order valence-corrected chi connectivity index (χ0v) is 14.3. The molecule has 0 spiro atoms. The second kappa shape index (κ2) is 9.89. The van der Waals surface area contributed by atoms with Gasteiger partial charge in [0.05, 0.1) is 19.6 Å². The summed E-state index contributed by atoms with van der Waals surface area (Å²) in [4.78, 5) is 34.8. The van der Waals surface area contributed by atoms with Gasteiger partial charge in [0.15, 0.2) is 0 Å². The number of hydrogen-bond donors (Lipinski definition) is 3. The number of carbonyl (C=O) groups excluding carboxylic acids is 3.